The van der Waals surface area contributed by atoms with Gasteiger partial charge in [0.1, 0.15) is 0 Å². The van der Waals surface area contributed by atoms with Crippen molar-refractivity contribution in [3.8, 4) is 0 Å². The van der Waals surface area contributed by atoms with Gasteiger partial charge in [-0.05, 0) is 50.8 Å². The van der Waals surface area contributed by atoms with Gasteiger partial charge >= 0.3 is 0 Å². The second kappa shape index (κ2) is 9.25. The summed E-state index contributed by atoms with van der Waals surface area (Å²) in [4.78, 5) is 0. The average molecular weight is 315 g/mol. The molecule has 0 aliphatic rings. The van der Waals surface area contributed by atoms with E-state index in [4.69, 9.17) is 13.9 Å². The van der Waals surface area contributed by atoms with Crippen molar-refractivity contribution in [1.29, 1.82) is 0 Å². The molecule has 0 spiro atoms. The fraction of sp³-hybridized carbons (Fsp3) is 0.600. The third-order valence-corrected chi connectivity index (χ3v) is 3.38. The standard InChI is InChI=1S/C15H21F2O3Si/c1-3-18-15(20-21,19-4-2)10-6-5-7-12-8-9-13(16)14(17)11-12/h8-9,11H,3-7,10H2,1-2H3. The van der Waals surface area contributed by atoms with Crippen LogP contribution in [0.25, 0.3) is 0 Å². The molecule has 1 aromatic rings. The number of aryl methyl sites for hydroxylation is 1. The highest BCUT2D eigenvalue weighted by atomic mass is 28.2. The summed E-state index contributed by atoms with van der Waals surface area (Å²) in [5.41, 5.74) is 0.770. The van der Waals surface area contributed by atoms with Gasteiger partial charge in [-0.2, -0.15) is 0 Å². The summed E-state index contributed by atoms with van der Waals surface area (Å²) in [5, 5.41) is 0. The lowest BCUT2D eigenvalue weighted by molar-refractivity contribution is -0.344. The van der Waals surface area contributed by atoms with Crippen molar-refractivity contribution in [2.24, 2.45) is 0 Å². The maximum absolute atomic E-state index is 13.1. The molecule has 0 N–H and O–H groups in total. The first-order valence-electron chi connectivity index (χ1n) is 7.13. The Morgan fingerprint density at radius 3 is 2.24 bits per heavy atom. The van der Waals surface area contributed by atoms with Crippen LogP contribution in [0.15, 0.2) is 18.2 Å². The number of rotatable bonds is 10. The largest absolute Gasteiger partial charge is 0.371 e. The second-order valence-electron chi connectivity index (χ2n) is 4.61. The Labute approximate surface area is 128 Å². The zero-order chi connectivity index (χ0) is 15.7. The van der Waals surface area contributed by atoms with E-state index in [0.29, 0.717) is 26.1 Å². The first-order valence-corrected chi connectivity index (χ1v) is 7.54. The lowest BCUT2D eigenvalue weighted by Crippen LogP contribution is -2.38. The molecule has 1 aromatic carbocycles. The Kier molecular flexibility index (Phi) is 8.03. The topological polar surface area (TPSA) is 27.7 Å². The van der Waals surface area contributed by atoms with Crippen molar-refractivity contribution >= 4 is 10.5 Å². The number of benzene rings is 1. The molecule has 0 aromatic heterocycles. The van der Waals surface area contributed by atoms with E-state index in [9.17, 15) is 8.78 Å². The molecule has 0 saturated carbocycles. The Morgan fingerprint density at radius 1 is 1.05 bits per heavy atom. The van der Waals surface area contributed by atoms with Crippen molar-refractivity contribution in [3.05, 3.63) is 35.4 Å². The molecule has 0 fully saturated rings. The summed E-state index contributed by atoms with van der Waals surface area (Å²) in [5.74, 6) is -2.72. The molecule has 117 valence electrons. The molecule has 3 radical (unpaired) electrons. The minimum Gasteiger partial charge on any atom is -0.371 e. The van der Waals surface area contributed by atoms with E-state index in [0.717, 1.165) is 24.5 Å². The lowest BCUT2D eigenvalue weighted by atomic mass is 10.1. The minimum absolute atomic E-state index is 0.466. The molecule has 3 nitrogen and oxygen atoms in total. The Bertz CT molecular complexity index is 423. The van der Waals surface area contributed by atoms with Gasteiger partial charge in [0, 0.05) is 19.6 Å². The number of hydrogen-bond donors (Lipinski definition) is 0. The molecule has 6 heteroatoms. The molecule has 0 atom stereocenters. The minimum atomic E-state index is -1.09. The van der Waals surface area contributed by atoms with E-state index in [1.165, 1.54) is 6.07 Å². The van der Waals surface area contributed by atoms with E-state index < -0.39 is 17.6 Å². The zero-order valence-corrected chi connectivity index (χ0v) is 13.5. The SMILES string of the molecule is CCOC(CCCCc1ccc(F)c(F)c1)(O[Si])OCC. The monoisotopic (exact) mass is 315 g/mol. The van der Waals surface area contributed by atoms with Crippen molar-refractivity contribution in [1.82, 2.24) is 0 Å². The summed E-state index contributed by atoms with van der Waals surface area (Å²) in [6, 6.07) is 3.97. The van der Waals surface area contributed by atoms with Crippen LogP contribution < -0.4 is 0 Å². The molecule has 0 aliphatic carbocycles. The van der Waals surface area contributed by atoms with Crippen LogP contribution in [-0.4, -0.2) is 29.7 Å². The van der Waals surface area contributed by atoms with E-state index in [1.54, 1.807) is 6.07 Å². The predicted molar refractivity (Wildman–Crippen MR) is 76.7 cm³/mol. The Morgan fingerprint density at radius 2 is 1.71 bits per heavy atom. The van der Waals surface area contributed by atoms with Crippen LogP contribution >= 0.6 is 0 Å². The van der Waals surface area contributed by atoms with Gasteiger partial charge in [-0.1, -0.05) is 6.07 Å². The van der Waals surface area contributed by atoms with Crippen molar-refractivity contribution in [3.63, 3.8) is 0 Å². The van der Waals surface area contributed by atoms with Gasteiger partial charge in [0.15, 0.2) is 11.6 Å². The van der Waals surface area contributed by atoms with Crippen LogP contribution in [0.5, 0.6) is 0 Å². The number of halogens is 2. The molecular weight excluding hydrogens is 294 g/mol. The van der Waals surface area contributed by atoms with Gasteiger partial charge in [-0.25, -0.2) is 8.78 Å². The van der Waals surface area contributed by atoms with Gasteiger partial charge in [-0.15, -0.1) is 0 Å². The fourth-order valence-corrected chi connectivity index (χ4v) is 2.32. The van der Waals surface area contributed by atoms with Crippen LogP contribution in [-0.2, 0) is 20.3 Å². The third kappa shape index (κ3) is 5.82. The molecule has 0 saturated heterocycles. The van der Waals surface area contributed by atoms with Gasteiger partial charge < -0.3 is 13.9 Å². The average Bonchev–Trinajstić information content (AvgIpc) is 2.47. The van der Waals surface area contributed by atoms with E-state index in [-0.39, 0.29) is 0 Å². The van der Waals surface area contributed by atoms with Crippen molar-refractivity contribution in [2.75, 3.05) is 13.2 Å². The van der Waals surface area contributed by atoms with E-state index in [1.807, 2.05) is 13.8 Å². The van der Waals surface area contributed by atoms with Crippen molar-refractivity contribution in [2.45, 2.75) is 45.5 Å². The second-order valence-corrected chi connectivity index (χ2v) is 4.81. The lowest BCUT2D eigenvalue weighted by Gasteiger charge is -2.31. The summed E-state index contributed by atoms with van der Waals surface area (Å²) in [6.45, 7) is 4.65. The number of unbranched alkanes of at least 4 members (excludes halogenated alkanes) is 1. The first-order chi connectivity index (χ1) is 10.1. The van der Waals surface area contributed by atoms with Gasteiger partial charge in [0.05, 0.1) is 0 Å². The zero-order valence-electron chi connectivity index (χ0n) is 12.5. The van der Waals surface area contributed by atoms with E-state index >= 15 is 0 Å². The molecule has 0 bridgehead atoms. The van der Waals surface area contributed by atoms with Crippen LogP contribution in [0.4, 0.5) is 8.78 Å². The van der Waals surface area contributed by atoms with Gasteiger partial charge in [0.25, 0.3) is 16.5 Å². The summed E-state index contributed by atoms with van der Waals surface area (Å²) < 4.78 is 42.1. The molecule has 0 amide bonds. The van der Waals surface area contributed by atoms with Gasteiger partial charge in [0.2, 0.25) is 0 Å². The molecule has 0 heterocycles. The highest BCUT2D eigenvalue weighted by Gasteiger charge is 2.30. The normalized spacial score (nSPS) is 11.9. The smallest absolute Gasteiger partial charge is 0.272 e. The van der Waals surface area contributed by atoms with E-state index in [2.05, 4.69) is 10.5 Å². The molecule has 0 aliphatic heterocycles. The van der Waals surface area contributed by atoms with Gasteiger partial charge in [-0.3, -0.25) is 0 Å². The summed E-state index contributed by atoms with van der Waals surface area (Å²) in [6.07, 6.45) is 2.77. The summed E-state index contributed by atoms with van der Waals surface area (Å²) >= 11 is 0. The molecule has 21 heavy (non-hydrogen) atoms. The molecule has 1 rings (SSSR count). The molecule has 0 unspecified atom stereocenters. The van der Waals surface area contributed by atoms with Crippen LogP contribution in [0.3, 0.4) is 0 Å². The predicted octanol–water partition coefficient (Wildman–Crippen LogP) is 3.50. The highest BCUT2D eigenvalue weighted by molar-refractivity contribution is 5.98. The van der Waals surface area contributed by atoms with Crippen LogP contribution in [0, 0.1) is 11.6 Å². The fourth-order valence-electron chi connectivity index (χ4n) is 2.10. The Balaban J connectivity index is 2.44. The maximum atomic E-state index is 13.1. The Hall–Kier alpha value is -0.823. The third-order valence-electron chi connectivity index (χ3n) is 3.07. The first kappa shape index (κ1) is 18.2. The molecular formula is C15H21F2O3Si. The van der Waals surface area contributed by atoms with Crippen LogP contribution in [0.1, 0.15) is 38.7 Å². The summed E-state index contributed by atoms with van der Waals surface area (Å²) in [7, 11) is 3.00. The van der Waals surface area contributed by atoms with Crippen molar-refractivity contribution < 1.29 is 22.7 Å². The number of hydrogen-bond acceptors (Lipinski definition) is 3. The maximum Gasteiger partial charge on any atom is 0.272 e. The highest BCUT2D eigenvalue weighted by Crippen LogP contribution is 2.22. The quantitative estimate of drug-likeness (QED) is 0.376. The van der Waals surface area contributed by atoms with Crippen LogP contribution in [0.2, 0.25) is 0 Å². The number of ether oxygens (including phenoxy) is 2.